The van der Waals surface area contributed by atoms with E-state index in [9.17, 15) is 0 Å². The van der Waals surface area contributed by atoms with E-state index in [1.165, 1.54) is 20.9 Å². The second-order valence-electron chi connectivity index (χ2n) is 2.71. The molecule has 8 heteroatoms. The lowest BCUT2D eigenvalue weighted by Crippen LogP contribution is -2.00. The summed E-state index contributed by atoms with van der Waals surface area (Å²) in [6.45, 7) is 0. The molecule has 0 unspecified atom stereocenters. The Bertz CT molecular complexity index is 579. The van der Waals surface area contributed by atoms with Gasteiger partial charge < -0.3 is 4.74 Å². The topological polar surface area (TPSA) is 46.8 Å². The first kappa shape index (κ1) is 12.5. The summed E-state index contributed by atoms with van der Waals surface area (Å²) in [5.74, 6) is 0.592. The van der Waals surface area contributed by atoms with Crippen LogP contribution in [-0.2, 0) is 0 Å². The van der Waals surface area contributed by atoms with Crippen molar-refractivity contribution in [2.24, 2.45) is 10.2 Å². The Kier molecular flexibility index (Phi) is 4.49. The molecular weight excluding hydrogens is 301 g/mol. The number of rotatable bonds is 2. The first-order valence-electron chi connectivity index (χ1n) is 4.37. The van der Waals surface area contributed by atoms with Gasteiger partial charge in [-0.05, 0) is 34.1 Å². The maximum absolute atomic E-state index is 5.76. The molecule has 0 fully saturated rings. The summed E-state index contributed by atoms with van der Waals surface area (Å²) >= 11 is 11.5. The van der Waals surface area contributed by atoms with E-state index in [0.717, 1.165) is 0 Å². The summed E-state index contributed by atoms with van der Waals surface area (Å²) in [6, 6.07) is 9.07. The molecule has 0 radical (unpaired) electrons. The number of halogens is 2. The number of hydrogen-bond donors (Lipinski definition) is 0. The third-order valence-electron chi connectivity index (χ3n) is 1.57. The third-order valence-corrected chi connectivity index (χ3v) is 3.89. The fraction of sp³-hybridized carbons (Fsp3) is 0. The van der Waals surface area contributed by atoms with Crippen LogP contribution in [0.5, 0.6) is 5.75 Å². The van der Waals surface area contributed by atoms with Crippen LogP contribution < -0.4 is 9.41 Å². The lowest BCUT2D eigenvalue weighted by atomic mass is 10.3. The zero-order chi connectivity index (χ0) is 12.1. The zero-order valence-electron chi connectivity index (χ0n) is 8.21. The third kappa shape index (κ3) is 3.78. The molecule has 0 spiro atoms. The van der Waals surface area contributed by atoms with Crippen LogP contribution in [0.3, 0.4) is 0 Å². The second-order valence-corrected chi connectivity index (χ2v) is 5.23. The summed E-state index contributed by atoms with van der Waals surface area (Å²) in [6.07, 6.45) is 0. The van der Waals surface area contributed by atoms with Crippen molar-refractivity contribution >= 4 is 49.4 Å². The SMILES string of the molecule is Cl/C(=N\N=c1\ssnc1Cl)Oc1ccccc1. The van der Waals surface area contributed by atoms with Crippen LogP contribution in [0, 0.1) is 0 Å². The van der Waals surface area contributed by atoms with Crippen molar-refractivity contribution in [2.45, 2.75) is 0 Å². The fourth-order valence-corrected chi connectivity index (χ4v) is 2.94. The van der Waals surface area contributed by atoms with Gasteiger partial charge in [0.05, 0.1) is 0 Å². The first-order valence-corrected chi connectivity index (χ1v) is 7.23. The Balaban J connectivity index is 2.11. The van der Waals surface area contributed by atoms with Gasteiger partial charge in [-0.15, -0.1) is 5.10 Å². The Labute approximate surface area is 114 Å². The smallest absolute Gasteiger partial charge is 0.311 e. The predicted octanol–water partition coefficient (Wildman–Crippen LogP) is 3.35. The maximum Gasteiger partial charge on any atom is 0.311 e. The summed E-state index contributed by atoms with van der Waals surface area (Å²) in [7, 11) is 2.54. The quantitative estimate of drug-likeness (QED) is 0.370. The molecule has 0 aliphatic carbocycles. The highest BCUT2D eigenvalue weighted by Gasteiger charge is 1.99. The van der Waals surface area contributed by atoms with Crippen LogP contribution in [-0.4, -0.2) is 9.73 Å². The molecule has 0 bridgehead atoms. The Morgan fingerprint density at radius 1 is 1.29 bits per heavy atom. The number of aromatic nitrogens is 1. The highest BCUT2D eigenvalue weighted by molar-refractivity contribution is 7.66. The Morgan fingerprint density at radius 3 is 2.71 bits per heavy atom. The van der Waals surface area contributed by atoms with Crippen molar-refractivity contribution in [3.63, 3.8) is 0 Å². The molecule has 4 nitrogen and oxygen atoms in total. The Hall–Kier alpha value is -0.950. The zero-order valence-corrected chi connectivity index (χ0v) is 11.4. The normalized spacial score (nSPS) is 12.8. The van der Waals surface area contributed by atoms with Gasteiger partial charge in [0.25, 0.3) is 0 Å². The molecule has 1 aromatic carbocycles. The Morgan fingerprint density at radius 2 is 2.06 bits per heavy atom. The largest absolute Gasteiger partial charge is 0.429 e. The monoisotopic (exact) mass is 305 g/mol. The molecule has 0 N–H and O–H groups in total. The van der Waals surface area contributed by atoms with E-state index in [4.69, 9.17) is 27.9 Å². The van der Waals surface area contributed by atoms with Gasteiger partial charge >= 0.3 is 5.36 Å². The van der Waals surface area contributed by atoms with Crippen LogP contribution in [0.1, 0.15) is 0 Å². The standard InChI is InChI=1S/C9H5Cl2N3OS2/c10-7-8(16-17-14-7)12-13-9(11)15-6-4-2-1-3-5-6/h1-5H/b12-8+,13-9+. The van der Waals surface area contributed by atoms with Crippen molar-refractivity contribution in [1.82, 2.24) is 4.37 Å². The summed E-state index contributed by atoms with van der Waals surface area (Å²) in [5, 5.41) is 7.76. The minimum atomic E-state index is -0.0781. The molecule has 2 rings (SSSR count). The van der Waals surface area contributed by atoms with E-state index in [1.54, 1.807) is 12.1 Å². The summed E-state index contributed by atoms with van der Waals surface area (Å²) < 4.78 is 9.58. The molecule has 17 heavy (non-hydrogen) atoms. The summed E-state index contributed by atoms with van der Waals surface area (Å²) in [4.78, 5) is 0. The lowest BCUT2D eigenvalue weighted by molar-refractivity contribution is 0.561. The van der Waals surface area contributed by atoms with Crippen molar-refractivity contribution in [1.29, 1.82) is 0 Å². The van der Waals surface area contributed by atoms with E-state index in [2.05, 4.69) is 14.6 Å². The fourth-order valence-electron chi connectivity index (χ4n) is 0.909. The van der Waals surface area contributed by atoms with Crippen molar-refractivity contribution in [2.75, 3.05) is 0 Å². The van der Waals surface area contributed by atoms with E-state index < -0.39 is 0 Å². The number of hydrogen-bond acceptors (Lipinski definition) is 6. The average Bonchev–Trinajstić information content (AvgIpc) is 2.74. The van der Waals surface area contributed by atoms with Gasteiger partial charge in [0.2, 0.25) is 0 Å². The molecule has 0 amide bonds. The van der Waals surface area contributed by atoms with Gasteiger partial charge in [-0.25, -0.2) is 0 Å². The second kappa shape index (κ2) is 6.11. The van der Waals surface area contributed by atoms with Gasteiger partial charge in [-0.2, -0.15) is 4.37 Å². The van der Waals surface area contributed by atoms with Crippen LogP contribution in [0.4, 0.5) is 0 Å². The average molecular weight is 306 g/mol. The van der Waals surface area contributed by atoms with E-state index in [1.807, 2.05) is 18.2 Å². The van der Waals surface area contributed by atoms with Crippen LogP contribution in [0.15, 0.2) is 40.5 Å². The number of nitrogens with zero attached hydrogens (tertiary/aromatic N) is 3. The van der Waals surface area contributed by atoms with Gasteiger partial charge in [-0.1, -0.05) is 34.9 Å². The van der Waals surface area contributed by atoms with E-state index in [0.29, 0.717) is 15.6 Å². The van der Waals surface area contributed by atoms with E-state index in [-0.39, 0.29) is 5.36 Å². The van der Waals surface area contributed by atoms with Crippen molar-refractivity contribution in [3.05, 3.63) is 40.2 Å². The lowest BCUT2D eigenvalue weighted by Gasteiger charge is -1.99. The van der Waals surface area contributed by atoms with Crippen molar-refractivity contribution < 1.29 is 4.74 Å². The van der Waals surface area contributed by atoms with Gasteiger partial charge in [0.1, 0.15) is 5.75 Å². The molecule has 0 atom stereocenters. The van der Waals surface area contributed by atoms with Gasteiger partial charge in [0, 0.05) is 10.5 Å². The summed E-state index contributed by atoms with van der Waals surface area (Å²) in [5.41, 5.74) is 0. The van der Waals surface area contributed by atoms with E-state index >= 15 is 0 Å². The van der Waals surface area contributed by atoms with Gasteiger partial charge in [0.15, 0.2) is 9.82 Å². The predicted molar refractivity (Wildman–Crippen MR) is 70.9 cm³/mol. The highest BCUT2D eigenvalue weighted by Crippen LogP contribution is 2.10. The molecule has 1 heterocycles. The molecule has 1 aromatic heterocycles. The molecule has 0 aliphatic heterocycles. The minimum absolute atomic E-state index is 0.0781. The number of benzene rings is 1. The number of ether oxygens (including phenoxy) is 1. The molecule has 2 aromatic rings. The first-order chi connectivity index (χ1) is 8.25. The molecule has 88 valence electrons. The number of para-hydroxylation sites is 1. The molecule has 0 saturated heterocycles. The molecule has 0 aliphatic rings. The maximum atomic E-state index is 5.76. The van der Waals surface area contributed by atoms with Crippen LogP contribution >= 0.6 is 44.1 Å². The molecule has 0 saturated carbocycles. The highest BCUT2D eigenvalue weighted by atomic mass is 35.5. The van der Waals surface area contributed by atoms with Crippen LogP contribution in [0.25, 0.3) is 0 Å². The van der Waals surface area contributed by atoms with Crippen LogP contribution in [0.2, 0.25) is 5.15 Å². The van der Waals surface area contributed by atoms with Gasteiger partial charge in [-0.3, -0.25) is 0 Å². The van der Waals surface area contributed by atoms with Crippen molar-refractivity contribution in [3.8, 4) is 5.75 Å². The molecular formula is C9H5Cl2N3OS2. The minimum Gasteiger partial charge on any atom is -0.429 e.